The minimum atomic E-state index is -1.57. The predicted octanol–water partition coefficient (Wildman–Crippen LogP) is 4.97. The van der Waals surface area contributed by atoms with Crippen molar-refractivity contribution in [2.75, 3.05) is 50.2 Å². The highest BCUT2D eigenvalue weighted by molar-refractivity contribution is 5.93. The van der Waals surface area contributed by atoms with Crippen LogP contribution in [0.25, 0.3) is 10.9 Å². The van der Waals surface area contributed by atoms with Gasteiger partial charge in [0.15, 0.2) is 17.3 Å². The number of likely N-dealkylation sites (N-methyl/N-ethyl adjacent to an activating group) is 1. The minimum absolute atomic E-state index is 0.0475. The second-order valence-electron chi connectivity index (χ2n) is 9.17. The molecule has 1 aliphatic heterocycles. The maximum Gasteiger partial charge on any atom is 0.216 e. The molecule has 2 aromatic heterocycles. The summed E-state index contributed by atoms with van der Waals surface area (Å²) in [7, 11) is 3.42. The average Bonchev–Trinajstić information content (AvgIpc) is 3.68. The number of pyridine rings is 1. The average molecular weight is 500 g/mol. The monoisotopic (exact) mass is 499 g/mol. The third kappa shape index (κ3) is 5.07. The van der Waals surface area contributed by atoms with Crippen LogP contribution in [0, 0.1) is 5.82 Å². The Morgan fingerprint density at radius 2 is 1.92 bits per heavy atom. The third-order valence-corrected chi connectivity index (χ3v) is 6.91. The maximum atomic E-state index is 15.2. The quantitative estimate of drug-likeness (QED) is 0.492. The number of hydrogen-bond donors (Lipinski definition) is 1. The number of methoxy groups -OCH3 is 1. The van der Waals surface area contributed by atoms with Gasteiger partial charge in [0.05, 0.1) is 13.7 Å². The standard InChI is InChI=1S/C25H29F2N5O2.C2H6/c1-31(12-13-33)17-14-19-21(20(26)15-17)29-24(25(27)7-8-25)30-22(19)32-10-5-16(6-11-32)18-4-3-9-28-23(18)34-2;1-2/h3-4,9,14-16,33H,5-8,10-13H2,1-2H3;1-2H3. The summed E-state index contributed by atoms with van der Waals surface area (Å²) in [6.45, 7) is 5.69. The van der Waals surface area contributed by atoms with Crippen LogP contribution >= 0.6 is 0 Å². The highest BCUT2D eigenvalue weighted by Gasteiger charge is 2.48. The van der Waals surface area contributed by atoms with Crippen LogP contribution in [0.15, 0.2) is 30.5 Å². The Morgan fingerprint density at radius 1 is 1.19 bits per heavy atom. The molecular formula is C27H35F2N5O2. The van der Waals surface area contributed by atoms with Crippen LogP contribution in [0.4, 0.5) is 20.3 Å². The van der Waals surface area contributed by atoms with Crippen LogP contribution in [0.1, 0.15) is 56.8 Å². The first-order chi connectivity index (χ1) is 17.4. The van der Waals surface area contributed by atoms with Gasteiger partial charge in [-0.25, -0.2) is 23.7 Å². The molecule has 7 nitrogen and oxygen atoms in total. The Bertz CT molecular complexity index is 1200. The van der Waals surface area contributed by atoms with Gasteiger partial charge in [-0.1, -0.05) is 19.9 Å². The first-order valence-electron chi connectivity index (χ1n) is 12.7. The number of hydrogen-bond acceptors (Lipinski definition) is 7. The lowest BCUT2D eigenvalue weighted by atomic mass is 9.90. The zero-order valence-corrected chi connectivity index (χ0v) is 21.5. The van der Waals surface area contributed by atoms with E-state index in [2.05, 4.69) is 19.9 Å². The van der Waals surface area contributed by atoms with E-state index in [-0.39, 0.29) is 23.9 Å². The van der Waals surface area contributed by atoms with Crippen molar-refractivity contribution in [2.24, 2.45) is 0 Å². The molecule has 9 heteroatoms. The Hall–Kier alpha value is -3.07. The predicted molar refractivity (Wildman–Crippen MR) is 138 cm³/mol. The van der Waals surface area contributed by atoms with Crippen LogP contribution < -0.4 is 14.5 Å². The molecule has 1 aliphatic carbocycles. The van der Waals surface area contributed by atoms with Crippen molar-refractivity contribution < 1.29 is 18.6 Å². The van der Waals surface area contributed by atoms with E-state index >= 15 is 4.39 Å². The summed E-state index contributed by atoms with van der Waals surface area (Å²) in [6.07, 6.45) is 4.13. The largest absolute Gasteiger partial charge is 0.481 e. The van der Waals surface area contributed by atoms with Crippen molar-refractivity contribution in [3.05, 3.63) is 47.7 Å². The molecule has 5 rings (SSSR count). The van der Waals surface area contributed by atoms with E-state index in [4.69, 9.17) is 4.74 Å². The van der Waals surface area contributed by atoms with Crippen LogP contribution in [0.5, 0.6) is 5.88 Å². The normalized spacial score (nSPS) is 16.9. The first-order valence-corrected chi connectivity index (χ1v) is 12.7. The Balaban J connectivity index is 0.00000148. The Labute approximate surface area is 211 Å². The van der Waals surface area contributed by atoms with Crippen LogP contribution in [0.2, 0.25) is 0 Å². The van der Waals surface area contributed by atoms with Crippen molar-refractivity contribution >= 4 is 22.4 Å². The number of benzene rings is 1. The fourth-order valence-electron chi connectivity index (χ4n) is 4.72. The number of fused-ring (bicyclic) bond motifs is 1. The van der Waals surface area contributed by atoms with Crippen molar-refractivity contribution in [3.8, 4) is 5.88 Å². The number of piperidine rings is 1. The van der Waals surface area contributed by atoms with Crippen molar-refractivity contribution in [1.82, 2.24) is 15.0 Å². The second-order valence-corrected chi connectivity index (χ2v) is 9.17. The lowest BCUT2D eigenvalue weighted by Gasteiger charge is -2.34. The van der Waals surface area contributed by atoms with Gasteiger partial charge in [0.1, 0.15) is 11.3 Å². The van der Waals surface area contributed by atoms with E-state index in [9.17, 15) is 9.50 Å². The number of aliphatic hydroxyl groups excluding tert-OH is 1. The summed E-state index contributed by atoms with van der Waals surface area (Å²) in [6, 6.07) is 7.18. The van der Waals surface area contributed by atoms with Crippen LogP contribution in [-0.2, 0) is 5.67 Å². The summed E-state index contributed by atoms with van der Waals surface area (Å²) in [4.78, 5) is 17.2. The van der Waals surface area contributed by atoms with Crippen molar-refractivity contribution in [1.29, 1.82) is 0 Å². The molecule has 0 radical (unpaired) electrons. The van der Waals surface area contributed by atoms with E-state index in [1.54, 1.807) is 25.3 Å². The molecule has 194 valence electrons. The van der Waals surface area contributed by atoms with E-state index in [0.29, 0.717) is 55.2 Å². The molecular weight excluding hydrogens is 464 g/mol. The second kappa shape index (κ2) is 10.9. The van der Waals surface area contributed by atoms with E-state index in [1.807, 2.05) is 32.0 Å². The molecule has 1 aromatic carbocycles. The van der Waals surface area contributed by atoms with Gasteiger partial charge in [0.2, 0.25) is 5.88 Å². The number of aromatic nitrogens is 3. The van der Waals surface area contributed by atoms with Gasteiger partial charge < -0.3 is 19.6 Å². The molecule has 2 fully saturated rings. The van der Waals surface area contributed by atoms with Crippen molar-refractivity contribution in [2.45, 2.75) is 51.1 Å². The number of nitrogens with zero attached hydrogens (tertiary/aromatic N) is 5. The Kier molecular flexibility index (Phi) is 7.88. The SMILES string of the molecule is CC.COc1ncccc1C1CCN(c2nc(C3(F)CC3)nc3c(F)cc(N(C)CCO)cc23)CC1. The lowest BCUT2D eigenvalue weighted by Crippen LogP contribution is -2.34. The fraction of sp³-hybridized carbons (Fsp3) is 0.519. The summed E-state index contributed by atoms with van der Waals surface area (Å²) < 4.78 is 35.6. The number of halogens is 2. The molecule has 0 atom stereocenters. The van der Waals surface area contributed by atoms with Gasteiger partial charge in [-0.05, 0) is 49.8 Å². The third-order valence-electron chi connectivity index (χ3n) is 6.91. The van der Waals surface area contributed by atoms with Gasteiger partial charge in [-0.3, -0.25) is 0 Å². The molecule has 2 aliphatic rings. The highest BCUT2D eigenvalue weighted by Crippen LogP contribution is 2.49. The minimum Gasteiger partial charge on any atom is -0.481 e. The fourth-order valence-corrected chi connectivity index (χ4v) is 4.72. The molecule has 0 bridgehead atoms. The number of ether oxygens (including phenoxy) is 1. The van der Waals surface area contributed by atoms with Gasteiger partial charge >= 0.3 is 0 Å². The van der Waals surface area contributed by atoms with E-state index in [0.717, 1.165) is 18.4 Å². The topological polar surface area (TPSA) is 74.6 Å². The molecule has 1 saturated carbocycles. The van der Waals surface area contributed by atoms with Crippen LogP contribution in [0.3, 0.4) is 0 Å². The van der Waals surface area contributed by atoms with Gasteiger partial charge in [-0.2, -0.15) is 0 Å². The number of anilines is 2. The zero-order chi connectivity index (χ0) is 25.9. The molecule has 3 heterocycles. The molecule has 0 amide bonds. The van der Waals surface area contributed by atoms with Gasteiger partial charge in [0, 0.05) is 49.5 Å². The molecule has 3 aromatic rings. The summed E-state index contributed by atoms with van der Waals surface area (Å²) >= 11 is 0. The number of rotatable bonds is 7. The molecule has 1 N–H and O–H groups in total. The molecule has 0 unspecified atom stereocenters. The number of aliphatic hydroxyl groups is 1. The zero-order valence-electron chi connectivity index (χ0n) is 21.5. The van der Waals surface area contributed by atoms with Gasteiger partial charge in [-0.15, -0.1) is 0 Å². The Morgan fingerprint density at radius 3 is 2.56 bits per heavy atom. The molecule has 1 saturated heterocycles. The molecule has 0 spiro atoms. The summed E-state index contributed by atoms with van der Waals surface area (Å²) in [5.74, 6) is 1.05. The van der Waals surface area contributed by atoms with Crippen molar-refractivity contribution in [3.63, 3.8) is 0 Å². The molecule has 36 heavy (non-hydrogen) atoms. The van der Waals surface area contributed by atoms with Gasteiger partial charge in [0.25, 0.3) is 0 Å². The lowest BCUT2D eigenvalue weighted by molar-refractivity contribution is 0.301. The summed E-state index contributed by atoms with van der Waals surface area (Å²) in [5, 5.41) is 9.87. The summed E-state index contributed by atoms with van der Waals surface area (Å²) in [5.41, 5.74) is 0.273. The maximum absolute atomic E-state index is 15.2. The van der Waals surface area contributed by atoms with E-state index in [1.165, 1.54) is 6.07 Å². The van der Waals surface area contributed by atoms with Crippen LogP contribution in [-0.4, -0.2) is 60.5 Å². The number of alkyl halides is 1. The first kappa shape index (κ1) is 26.0. The smallest absolute Gasteiger partial charge is 0.216 e. The highest BCUT2D eigenvalue weighted by atomic mass is 19.1. The van der Waals surface area contributed by atoms with E-state index < -0.39 is 11.5 Å².